The third kappa shape index (κ3) is 3.15. The fourth-order valence-corrected chi connectivity index (χ4v) is 2.40. The van der Waals surface area contributed by atoms with Gasteiger partial charge in [-0.1, -0.05) is 12.1 Å². The molecule has 23 heavy (non-hydrogen) atoms. The molecule has 0 unspecified atom stereocenters. The van der Waals surface area contributed by atoms with Crippen LogP contribution < -0.4 is 5.32 Å². The molecule has 3 aromatic rings. The van der Waals surface area contributed by atoms with Gasteiger partial charge in [0.15, 0.2) is 5.76 Å². The normalized spacial score (nSPS) is 12.1. The van der Waals surface area contributed by atoms with Gasteiger partial charge in [-0.25, -0.2) is 9.37 Å². The molecule has 0 saturated carbocycles. The third-order valence-electron chi connectivity index (χ3n) is 3.54. The molecule has 0 aliphatic rings. The van der Waals surface area contributed by atoms with Crippen LogP contribution in [0.25, 0.3) is 0 Å². The maximum Gasteiger partial charge on any atom is 0.287 e. The Morgan fingerprint density at radius 3 is 2.78 bits per heavy atom. The fraction of sp³-hybridized carbons (Fsp3) is 0.176. The van der Waals surface area contributed by atoms with Crippen LogP contribution in [0, 0.1) is 12.7 Å². The molecule has 0 aliphatic carbocycles. The molecule has 0 fully saturated rings. The van der Waals surface area contributed by atoms with Gasteiger partial charge in [-0.05, 0) is 36.8 Å². The van der Waals surface area contributed by atoms with Gasteiger partial charge < -0.3 is 14.3 Å². The van der Waals surface area contributed by atoms with E-state index in [9.17, 15) is 9.18 Å². The zero-order valence-electron chi connectivity index (χ0n) is 12.8. The number of nitrogens with zero attached hydrogens (tertiary/aromatic N) is 2. The Morgan fingerprint density at radius 2 is 2.17 bits per heavy atom. The Hall–Kier alpha value is -2.89. The molecule has 3 rings (SSSR count). The molecule has 1 amide bonds. The van der Waals surface area contributed by atoms with E-state index in [-0.39, 0.29) is 17.5 Å². The lowest BCUT2D eigenvalue weighted by Crippen LogP contribution is -2.31. The summed E-state index contributed by atoms with van der Waals surface area (Å²) in [5, 5.41) is 2.85. The van der Waals surface area contributed by atoms with Crippen LogP contribution in [-0.2, 0) is 7.05 Å². The molecule has 1 atom stereocenters. The van der Waals surface area contributed by atoms with Crippen LogP contribution in [0.4, 0.5) is 4.39 Å². The number of halogens is 1. The number of hydrogen-bond donors (Lipinski definition) is 1. The minimum Gasteiger partial charge on any atom is -0.456 e. The highest BCUT2D eigenvalue weighted by molar-refractivity contribution is 5.92. The maximum absolute atomic E-state index is 13.6. The van der Waals surface area contributed by atoms with Gasteiger partial charge in [0.25, 0.3) is 5.91 Å². The molecule has 2 heterocycles. The number of nitrogens with one attached hydrogen (secondary N) is 1. The first-order valence-corrected chi connectivity index (χ1v) is 7.14. The van der Waals surface area contributed by atoms with Crippen LogP contribution in [0.1, 0.15) is 33.7 Å². The van der Waals surface area contributed by atoms with Crippen molar-refractivity contribution < 1.29 is 13.6 Å². The molecule has 0 bridgehead atoms. The van der Waals surface area contributed by atoms with Crippen molar-refractivity contribution in [2.45, 2.75) is 13.0 Å². The second-order valence-corrected chi connectivity index (χ2v) is 5.27. The lowest BCUT2D eigenvalue weighted by molar-refractivity contribution is 0.0912. The molecule has 6 heteroatoms. The topological polar surface area (TPSA) is 60.1 Å². The van der Waals surface area contributed by atoms with Crippen LogP contribution in [0.5, 0.6) is 0 Å². The first-order chi connectivity index (χ1) is 11.0. The summed E-state index contributed by atoms with van der Waals surface area (Å²) in [6, 6.07) is 8.82. The minimum absolute atomic E-state index is 0.207. The monoisotopic (exact) mass is 313 g/mol. The molecule has 0 aliphatic heterocycles. The fourth-order valence-electron chi connectivity index (χ4n) is 2.40. The molecule has 5 nitrogen and oxygen atoms in total. The molecular formula is C17H16FN3O2. The molecule has 2 aromatic heterocycles. The quantitative estimate of drug-likeness (QED) is 0.805. The van der Waals surface area contributed by atoms with E-state index in [0.29, 0.717) is 17.1 Å². The summed E-state index contributed by atoms with van der Waals surface area (Å²) in [4.78, 5) is 16.7. The zero-order valence-corrected chi connectivity index (χ0v) is 12.8. The summed E-state index contributed by atoms with van der Waals surface area (Å²) in [7, 11) is 1.82. The predicted molar refractivity (Wildman–Crippen MR) is 82.4 cm³/mol. The molecule has 118 valence electrons. The lowest BCUT2D eigenvalue weighted by Gasteiger charge is -2.18. The predicted octanol–water partition coefficient (Wildman–Crippen LogP) is 2.98. The summed E-state index contributed by atoms with van der Waals surface area (Å²) in [6.45, 7) is 1.76. The first kappa shape index (κ1) is 15.0. The van der Waals surface area contributed by atoms with Crippen LogP contribution in [0.3, 0.4) is 0 Å². The zero-order chi connectivity index (χ0) is 16.4. The summed E-state index contributed by atoms with van der Waals surface area (Å²) in [5.74, 6) is 0.708. The number of aryl methyl sites for hydroxylation is 2. The second-order valence-electron chi connectivity index (χ2n) is 5.27. The standard InChI is InChI=1S/C17H16FN3O2/c1-11-6-7-14(23-11)17(22)20-15(16-19-8-9-21(16)2)12-4-3-5-13(18)10-12/h3-10,15H,1-2H3,(H,20,22)/t15-/m0/s1. The summed E-state index contributed by atoms with van der Waals surface area (Å²) < 4.78 is 20.7. The van der Waals surface area contributed by atoms with Crippen LogP contribution in [0.2, 0.25) is 0 Å². The van der Waals surface area contributed by atoms with Crippen molar-refractivity contribution >= 4 is 5.91 Å². The first-order valence-electron chi connectivity index (χ1n) is 7.14. The lowest BCUT2D eigenvalue weighted by atomic mass is 10.1. The van der Waals surface area contributed by atoms with Gasteiger partial charge in [0, 0.05) is 19.4 Å². The number of aromatic nitrogens is 2. The van der Waals surface area contributed by atoms with E-state index >= 15 is 0 Å². The van der Waals surface area contributed by atoms with Crippen LogP contribution in [0.15, 0.2) is 53.2 Å². The van der Waals surface area contributed by atoms with E-state index in [1.54, 1.807) is 48.1 Å². The molecule has 0 radical (unpaired) electrons. The van der Waals surface area contributed by atoms with Crippen molar-refractivity contribution in [2.75, 3.05) is 0 Å². The molecule has 0 saturated heterocycles. The largest absolute Gasteiger partial charge is 0.456 e. The number of carbonyl (C=O) groups excluding carboxylic acids is 1. The Labute approximate surface area is 132 Å². The number of benzene rings is 1. The van der Waals surface area contributed by atoms with Gasteiger partial charge in [-0.2, -0.15) is 0 Å². The van der Waals surface area contributed by atoms with Crippen LogP contribution >= 0.6 is 0 Å². The van der Waals surface area contributed by atoms with Gasteiger partial charge in [0.05, 0.1) is 0 Å². The van der Waals surface area contributed by atoms with Gasteiger partial charge >= 0.3 is 0 Å². The van der Waals surface area contributed by atoms with E-state index in [4.69, 9.17) is 4.42 Å². The summed E-state index contributed by atoms with van der Waals surface area (Å²) >= 11 is 0. The number of imidazole rings is 1. The molecule has 0 spiro atoms. The van der Waals surface area contributed by atoms with E-state index in [0.717, 1.165) is 0 Å². The number of amides is 1. The number of hydrogen-bond acceptors (Lipinski definition) is 3. The van der Waals surface area contributed by atoms with E-state index in [1.807, 2.05) is 7.05 Å². The molecule has 1 aromatic carbocycles. The highest BCUT2D eigenvalue weighted by Gasteiger charge is 2.23. The Morgan fingerprint density at radius 1 is 1.35 bits per heavy atom. The number of furan rings is 1. The van der Waals surface area contributed by atoms with Gasteiger partial charge in [0.1, 0.15) is 23.4 Å². The summed E-state index contributed by atoms with van der Waals surface area (Å²) in [5.41, 5.74) is 0.607. The Kier molecular flexibility index (Phi) is 3.97. The van der Waals surface area contributed by atoms with E-state index < -0.39 is 6.04 Å². The molecule has 1 N–H and O–H groups in total. The third-order valence-corrected chi connectivity index (χ3v) is 3.54. The minimum atomic E-state index is -0.580. The van der Waals surface area contributed by atoms with Crippen LogP contribution in [-0.4, -0.2) is 15.5 Å². The van der Waals surface area contributed by atoms with Crippen molar-refractivity contribution in [3.05, 3.63) is 77.5 Å². The Balaban J connectivity index is 1.96. The van der Waals surface area contributed by atoms with Gasteiger partial charge in [0.2, 0.25) is 0 Å². The van der Waals surface area contributed by atoms with Gasteiger partial charge in [-0.3, -0.25) is 4.79 Å². The van der Waals surface area contributed by atoms with Crippen molar-refractivity contribution in [1.82, 2.24) is 14.9 Å². The smallest absolute Gasteiger partial charge is 0.287 e. The van der Waals surface area contributed by atoms with Gasteiger partial charge in [-0.15, -0.1) is 0 Å². The van der Waals surface area contributed by atoms with E-state index in [1.165, 1.54) is 12.1 Å². The van der Waals surface area contributed by atoms with Crippen molar-refractivity contribution in [3.8, 4) is 0 Å². The van der Waals surface area contributed by atoms with Crippen molar-refractivity contribution in [1.29, 1.82) is 0 Å². The van der Waals surface area contributed by atoms with E-state index in [2.05, 4.69) is 10.3 Å². The summed E-state index contributed by atoms with van der Waals surface area (Å²) in [6.07, 6.45) is 3.40. The second kappa shape index (κ2) is 6.08. The highest BCUT2D eigenvalue weighted by atomic mass is 19.1. The molecular weight excluding hydrogens is 297 g/mol. The van der Waals surface area contributed by atoms with Crippen molar-refractivity contribution in [3.63, 3.8) is 0 Å². The Bertz CT molecular complexity index is 838. The SMILES string of the molecule is Cc1ccc(C(=O)N[C@@H](c2cccc(F)c2)c2nccn2C)o1. The average Bonchev–Trinajstić information content (AvgIpc) is 3.13. The number of rotatable bonds is 4. The van der Waals surface area contributed by atoms with Crippen molar-refractivity contribution in [2.24, 2.45) is 7.05 Å². The number of carbonyl (C=O) groups is 1. The maximum atomic E-state index is 13.6. The highest BCUT2D eigenvalue weighted by Crippen LogP contribution is 2.22. The average molecular weight is 313 g/mol.